The zero-order valence-corrected chi connectivity index (χ0v) is 14.1. The molecule has 1 heterocycles. The molecule has 1 aromatic heterocycles. The van der Waals surface area contributed by atoms with E-state index >= 15 is 0 Å². The van der Waals surface area contributed by atoms with E-state index in [4.69, 9.17) is 4.42 Å². The highest BCUT2D eigenvalue weighted by Crippen LogP contribution is 2.22. The number of oxazole rings is 1. The van der Waals surface area contributed by atoms with Crippen molar-refractivity contribution in [3.63, 3.8) is 0 Å². The van der Waals surface area contributed by atoms with Gasteiger partial charge < -0.3 is 4.42 Å². The van der Waals surface area contributed by atoms with Crippen LogP contribution < -0.4 is 0 Å². The molecule has 0 radical (unpaired) electrons. The molecule has 7 nitrogen and oxygen atoms in total. The van der Waals surface area contributed by atoms with Gasteiger partial charge in [0, 0.05) is 18.2 Å². The fraction of sp³-hybridized carbons (Fsp3) is 0.118. The molecule has 0 amide bonds. The smallest absolute Gasteiger partial charge is 0.270 e. The van der Waals surface area contributed by atoms with Crippen molar-refractivity contribution in [2.24, 2.45) is 0 Å². The normalized spacial score (nSPS) is 12.0. The lowest BCUT2D eigenvalue weighted by Crippen LogP contribution is -2.03. The zero-order valence-electron chi connectivity index (χ0n) is 13.2. The lowest BCUT2D eigenvalue weighted by atomic mass is 10.2. The summed E-state index contributed by atoms with van der Waals surface area (Å²) in [5.74, 6) is 0.295. The van der Waals surface area contributed by atoms with E-state index in [2.05, 4.69) is 4.98 Å². The van der Waals surface area contributed by atoms with Crippen molar-refractivity contribution >= 4 is 38.8 Å². The van der Waals surface area contributed by atoms with Crippen LogP contribution in [0.5, 0.6) is 0 Å². The van der Waals surface area contributed by atoms with Crippen LogP contribution in [-0.4, -0.2) is 24.1 Å². The van der Waals surface area contributed by atoms with Gasteiger partial charge in [-0.05, 0) is 29.8 Å². The molecular formula is C17H14N2O5S. The van der Waals surface area contributed by atoms with Crippen molar-refractivity contribution in [1.82, 2.24) is 4.98 Å². The van der Waals surface area contributed by atoms with Crippen LogP contribution in [0.25, 0.3) is 23.3 Å². The van der Waals surface area contributed by atoms with Crippen molar-refractivity contribution < 1.29 is 17.8 Å². The maximum absolute atomic E-state index is 11.9. The van der Waals surface area contributed by atoms with Crippen molar-refractivity contribution in [2.75, 3.05) is 5.75 Å². The van der Waals surface area contributed by atoms with Crippen LogP contribution in [0, 0.1) is 10.1 Å². The van der Waals surface area contributed by atoms with E-state index in [-0.39, 0.29) is 22.2 Å². The number of benzene rings is 2. The molecule has 128 valence electrons. The second-order valence-corrected chi connectivity index (χ2v) is 7.55. The maximum Gasteiger partial charge on any atom is 0.270 e. The fourth-order valence-corrected chi connectivity index (χ4v) is 3.17. The van der Waals surface area contributed by atoms with E-state index < -0.39 is 14.8 Å². The van der Waals surface area contributed by atoms with Gasteiger partial charge in [0.15, 0.2) is 15.4 Å². The highest BCUT2D eigenvalue weighted by Gasteiger charge is 2.14. The van der Waals surface area contributed by atoms with Crippen LogP contribution in [0.2, 0.25) is 0 Å². The van der Waals surface area contributed by atoms with E-state index in [1.165, 1.54) is 24.3 Å². The molecule has 0 unspecified atom stereocenters. The summed E-state index contributed by atoms with van der Waals surface area (Å²) in [4.78, 5) is 14.8. The summed E-state index contributed by atoms with van der Waals surface area (Å²) in [5.41, 5.74) is 1.53. The second kappa shape index (κ2) is 6.48. The quantitative estimate of drug-likeness (QED) is 0.509. The number of hydrogen-bond donors (Lipinski definition) is 0. The number of sulfone groups is 1. The number of nitrogens with zero attached hydrogens (tertiary/aromatic N) is 2. The van der Waals surface area contributed by atoms with Gasteiger partial charge in [0.25, 0.3) is 5.69 Å². The van der Waals surface area contributed by atoms with Crippen molar-refractivity contribution in [3.8, 4) is 0 Å². The van der Waals surface area contributed by atoms with Gasteiger partial charge in [0.2, 0.25) is 5.89 Å². The van der Waals surface area contributed by atoms with Crippen molar-refractivity contribution in [2.45, 2.75) is 11.8 Å². The molecule has 2 aromatic carbocycles. The largest absolute Gasteiger partial charge is 0.437 e. The van der Waals surface area contributed by atoms with Gasteiger partial charge >= 0.3 is 0 Å². The van der Waals surface area contributed by atoms with Crippen LogP contribution in [0.1, 0.15) is 18.4 Å². The SMILES string of the molecule is CCS(=O)(=O)c1ccc2oc(/C=C/c3cccc([N+](=O)[O-])c3)nc2c1. The molecule has 0 fully saturated rings. The zero-order chi connectivity index (χ0) is 18.0. The monoisotopic (exact) mass is 358 g/mol. The molecule has 0 bridgehead atoms. The summed E-state index contributed by atoms with van der Waals surface area (Å²) in [6.45, 7) is 1.58. The lowest BCUT2D eigenvalue weighted by molar-refractivity contribution is -0.384. The number of aromatic nitrogens is 1. The van der Waals surface area contributed by atoms with Gasteiger partial charge in [-0.2, -0.15) is 0 Å². The maximum atomic E-state index is 11.9. The molecule has 0 aliphatic rings. The third kappa shape index (κ3) is 3.58. The Hall–Kier alpha value is -3.00. The first kappa shape index (κ1) is 16.8. The average molecular weight is 358 g/mol. The Morgan fingerprint density at radius 2 is 2.00 bits per heavy atom. The van der Waals surface area contributed by atoms with E-state index in [0.29, 0.717) is 16.7 Å². The summed E-state index contributed by atoms with van der Waals surface area (Å²) >= 11 is 0. The number of hydrogen-bond acceptors (Lipinski definition) is 6. The van der Waals surface area contributed by atoms with Crippen LogP contribution in [0.3, 0.4) is 0 Å². The number of fused-ring (bicyclic) bond motifs is 1. The Balaban J connectivity index is 1.92. The highest BCUT2D eigenvalue weighted by molar-refractivity contribution is 7.91. The predicted octanol–water partition coefficient (Wildman–Crippen LogP) is 3.70. The van der Waals surface area contributed by atoms with Crippen LogP contribution in [-0.2, 0) is 9.84 Å². The fourth-order valence-electron chi connectivity index (χ4n) is 2.27. The topological polar surface area (TPSA) is 103 Å². The van der Waals surface area contributed by atoms with Gasteiger partial charge in [0.1, 0.15) is 5.52 Å². The van der Waals surface area contributed by atoms with Gasteiger partial charge in [-0.3, -0.25) is 10.1 Å². The molecule has 0 aliphatic carbocycles. The first-order valence-corrected chi connectivity index (χ1v) is 9.10. The Morgan fingerprint density at radius 1 is 1.20 bits per heavy atom. The van der Waals surface area contributed by atoms with Gasteiger partial charge in [-0.15, -0.1) is 0 Å². The Labute approximate surface area is 143 Å². The minimum absolute atomic E-state index is 0.00544. The molecular weight excluding hydrogens is 344 g/mol. The van der Waals surface area contributed by atoms with E-state index in [1.807, 2.05) is 0 Å². The van der Waals surface area contributed by atoms with E-state index in [9.17, 15) is 18.5 Å². The summed E-state index contributed by atoms with van der Waals surface area (Å²) in [7, 11) is -3.31. The first-order chi connectivity index (χ1) is 11.9. The molecule has 3 aromatic rings. The molecule has 8 heteroatoms. The number of nitro benzene ring substituents is 1. The number of nitro groups is 1. The first-order valence-electron chi connectivity index (χ1n) is 7.45. The van der Waals surface area contributed by atoms with Crippen LogP contribution in [0.15, 0.2) is 51.8 Å². The third-order valence-corrected chi connectivity index (χ3v) is 5.35. The minimum Gasteiger partial charge on any atom is -0.437 e. The molecule has 25 heavy (non-hydrogen) atoms. The van der Waals surface area contributed by atoms with E-state index in [0.717, 1.165) is 0 Å². The van der Waals surface area contributed by atoms with E-state index in [1.54, 1.807) is 37.3 Å². The molecule has 0 atom stereocenters. The number of rotatable bonds is 5. The van der Waals surface area contributed by atoms with Gasteiger partial charge in [0.05, 0.1) is 15.6 Å². The molecule has 0 saturated heterocycles. The summed E-state index contributed by atoms with van der Waals surface area (Å²) in [6.07, 6.45) is 3.22. The van der Waals surface area contributed by atoms with Crippen LogP contribution in [0.4, 0.5) is 5.69 Å². The third-order valence-electron chi connectivity index (χ3n) is 3.61. The standard InChI is InChI=1S/C17H14N2O5S/c1-2-25(22,23)14-7-8-16-15(11-14)18-17(24-16)9-6-12-4-3-5-13(10-12)19(20)21/h3-11H,2H2,1H3/b9-6+. The van der Waals surface area contributed by atoms with Crippen molar-refractivity contribution in [1.29, 1.82) is 0 Å². The summed E-state index contributed by atoms with van der Waals surface area (Å²) in [5, 5.41) is 10.8. The summed E-state index contributed by atoms with van der Waals surface area (Å²) < 4.78 is 29.4. The molecule has 0 aliphatic heterocycles. The highest BCUT2D eigenvalue weighted by atomic mass is 32.2. The average Bonchev–Trinajstić information content (AvgIpc) is 3.02. The predicted molar refractivity (Wildman–Crippen MR) is 93.8 cm³/mol. The molecule has 0 spiro atoms. The van der Waals surface area contributed by atoms with Gasteiger partial charge in [-0.1, -0.05) is 19.1 Å². The Morgan fingerprint density at radius 3 is 2.72 bits per heavy atom. The summed E-state index contributed by atoms with van der Waals surface area (Å²) in [6, 6.07) is 10.7. The second-order valence-electron chi connectivity index (χ2n) is 5.27. The molecule has 3 rings (SSSR count). The molecule has 0 N–H and O–H groups in total. The van der Waals surface area contributed by atoms with Crippen LogP contribution >= 0.6 is 0 Å². The van der Waals surface area contributed by atoms with Crippen molar-refractivity contribution in [3.05, 3.63) is 64.0 Å². The Bertz CT molecular complexity index is 1080. The lowest BCUT2D eigenvalue weighted by Gasteiger charge is -1.99. The minimum atomic E-state index is -3.31. The molecule has 0 saturated carbocycles. The van der Waals surface area contributed by atoms with Gasteiger partial charge in [-0.25, -0.2) is 13.4 Å². The Kier molecular flexibility index (Phi) is 4.37. The number of non-ortho nitro benzene ring substituents is 1.